The van der Waals surface area contributed by atoms with Gasteiger partial charge < -0.3 is 23.9 Å². The number of benzene rings is 3. The second-order valence-corrected chi connectivity index (χ2v) is 9.66. The topological polar surface area (TPSA) is 100 Å². The van der Waals surface area contributed by atoms with Crippen molar-refractivity contribution < 1.29 is 36.6 Å². The van der Waals surface area contributed by atoms with Crippen molar-refractivity contribution in [1.82, 2.24) is 14.6 Å². The molecule has 0 radical (unpaired) electrons. The summed E-state index contributed by atoms with van der Waals surface area (Å²) in [6, 6.07) is 13.5. The van der Waals surface area contributed by atoms with Crippen LogP contribution in [0.1, 0.15) is 15.9 Å². The van der Waals surface area contributed by atoms with E-state index in [-0.39, 0.29) is 6.61 Å². The normalized spacial score (nSPS) is 11.2. The third-order valence-electron chi connectivity index (χ3n) is 6.12. The number of fused-ring (bicyclic) bond motifs is 2. The first-order valence-electron chi connectivity index (χ1n) is 12.0. The maximum absolute atomic E-state index is 14.0. The summed E-state index contributed by atoms with van der Waals surface area (Å²) in [6.45, 7) is 0.0932. The Kier molecular flexibility index (Phi) is 6.71. The molecule has 0 aliphatic heterocycles. The predicted molar refractivity (Wildman–Crippen MR) is 144 cm³/mol. The number of rotatable bonds is 8. The first kappa shape index (κ1) is 26.2. The zero-order chi connectivity index (χ0) is 28.7. The highest BCUT2D eigenvalue weighted by molar-refractivity contribution is 7.18. The Morgan fingerprint density at radius 3 is 2.68 bits per heavy atom. The molecule has 6 rings (SSSR count). The number of ether oxygens (including phenoxy) is 3. The van der Waals surface area contributed by atoms with Crippen LogP contribution in [0.25, 0.3) is 27.4 Å². The van der Waals surface area contributed by atoms with E-state index < -0.39 is 28.9 Å². The molecule has 3 aromatic carbocycles. The summed E-state index contributed by atoms with van der Waals surface area (Å²) in [4.78, 5) is 17.7. The number of hydrogen-bond donors (Lipinski definition) is 1. The van der Waals surface area contributed by atoms with Crippen LogP contribution in [0.2, 0.25) is 0 Å². The lowest BCUT2D eigenvalue weighted by Gasteiger charge is -2.11. The lowest BCUT2D eigenvalue weighted by molar-refractivity contribution is 0.102. The molecule has 0 atom stereocenters. The monoisotopic (exact) mass is 580 g/mol. The van der Waals surface area contributed by atoms with Gasteiger partial charge in [0.25, 0.3) is 11.1 Å². The second kappa shape index (κ2) is 10.5. The largest absolute Gasteiger partial charge is 0.496 e. The van der Waals surface area contributed by atoms with Crippen LogP contribution >= 0.6 is 11.3 Å². The molecule has 208 valence electrons. The van der Waals surface area contributed by atoms with E-state index in [1.807, 2.05) is 0 Å². The number of nitrogens with one attached hydrogen (secondary N) is 1. The van der Waals surface area contributed by atoms with E-state index in [9.17, 15) is 18.0 Å². The van der Waals surface area contributed by atoms with Crippen LogP contribution in [0.15, 0.2) is 65.2 Å². The Bertz CT molecular complexity index is 1900. The molecular formula is C28H19F3N4O5S. The molecule has 0 saturated carbocycles. The minimum Gasteiger partial charge on any atom is -0.496 e. The smallest absolute Gasteiger partial charge is 0.294 e. The minimum absolute atomic E-state index is 0.0932. The average Bonchev–Trinajstić information content (AvgIpc) is 3.68. The van der Waals surface area contributed by atoms with Crippen molar-refractivity contribution in [2.45, 2.75) is 6.61 Å². The van der Waals surface area contributed by atoms with Gasteiger partial charge >= 0.3 is 0 Å². The molecule has 41 heavy (non-hydrogen) atoms. The second-order valence-electron chi connectivity index (χ2n) is 8.74. The summed E-state index contributed by atoms with van der Waals surface area (Å²) in [6.07, 6.45) is 1.73. The predicted octanol–water partition coefficient (Wildman–Crippen LogP) is 6.47. The van der Waals surface area contributed by atoms with Gasteiger partial charge in [0.15, 0.2) is 23.2 Å². The SMILES string of the molecule is COc1cc(OCc2cccc(NC(=O)c3ccc(F)c(F)c3F)c2)c2cc(-c3cn4nc(OC)sc4n3)oc2c1. The standard InChI is InChI=1S/C28H19F3N4O5S/c1-37-16-9-21(18-11-23(40-22(18)10-16)20-12-35-27(33-20)41-28(34-35)38-2)39-13-14-4-3-5-15(8-14)32-26(36)17-6-7-19(29)25(31)24(17)30/h3-12H,13H2,1-2H3,(H,32,36). The minimum atomic E-state index is -1.71. The Morgan fingerprint density at radius 1 is 1.05 bits per heavy atom. The molecule has 0 spiro atoms. The molecule has 9 nitrogen and oxygen atoms in total. The molecule has 6 aromatic rings. The van der Waals surface area contributed by atoms with E-state index in [4.69, 9.17) is 18.6 Å². The number of methoxy groups -OCH3 is 2. The molecule has 0 aliphatic rings. The van der Waals surface area contributed by atoms with Gasteiger partial charge in [0.05, 0.1) is 31.4 Å². The van der Waals surface area contributed by atoms with Gasteiger partial charge in [-0.15, -0.1) is 5.10 Å². The Hall–Kier alpha value is -5.04. The lowest BCUT2D eigenvalue weighted by atomic mass is 10.1. The van der Waals surface area contributed by atoms with Gasteiger partial charge in [-0.25, -0.2) is 22.7 Å². The van der Waals surface area contributed by atoms with Crippen LogP contribution < -0.4 is 19.5 Å². The molecule has 0 aliphatic carbocycles. The van der Waals surface area contributed by atoms with Gasteiger partial charge in [-0.2, -0.15) is 0 Å². The van der Waals surface area contributed by atoms with Crippen molar-refractivity contribution in [3.05, 3.63) is 89.4 Å². The molecule has 1 N–H and O–H groups in total. The highest BCUT2D eigenvalue weighted by Gasteiger charge is 2.20. The number of carbonyl (C=O) groups is 1. The zero-order valence-corrected chi connectivity index (χ0v) is 22.2. The van der Waals surface area contributed by atoms with E-state index in [1.165, 1.54) is 25.6 Å². The van der Waals surface area contributed by atoms with E-state index in [1.54, 1.807) is 53.2 Å². The van der Waals surface area contributed by atoms with Gasteiger partial charge in [0.2, 0.25) is 4.96 Å². The Balaban J connectivity index is 1.23. The number of imidazole rings is 1. The number of anilines is 1. The number of amides is 1. The number of carbonyl (C=O) groups excluding carboxylic acids is 1. The fourth-order valence-corrected chi connectivity index (χ4v) is 4.83. The van der Waals surface area contributed by atoms with Crippen molar-refractivity contribution in [1.29, 1.82) is 0 Å². The Labute approximate surface area is 233 Å². The molecule has 0 bridgehead atoms. The summed E-state index contributed by atoms with van der Waals surface area (Å²) in [5.41, 5.74) is 1.46. The number of halogens is 3. The van der Waals surface area contributed by atoms with Crippen LogP contribution in [-0.2, 0) is 6.61 Å². The maximum Gasteiger partial charge on any atom is 0.294 e. The van der Waals surface area contributed by atoms with Crippen molar-refractivity contribution in [3.63, 3.8) is 0 Å². The van der Waals surface area contributed by atoms with Crippen LogP contribution in [0, 0.1) is 17.5 Å². The van der Waals surface area contributed by atoms with Gasteiger partial charge in [-0.1, -0.05) is 12.1 Å². The molecule has 0 saturated heterocycles. The summed E-state index contributed by atoms with van der Waals surface area (Å²) >= 11 is 1.30. The molecule has 0 fully saturated rings. The number of nitrogens with zero attached hydrogens (tertiary/aromatic N) is 3. The van der Waals surface area contributed by atoms with Crippen LogP contribution in [0.3, 0.4) is 0 Å². The highest BCUT2D eigenvalue weighted by Crippen LogP contribution is 2.37. The van der Waals surface area contributed by atoms with E-state index in [0.29, 0.717) is 61.4 Å². The first-order valence-corrected chi connectivity index (χ1v) is 12.8. The quantitative estimate of drug-likeness (QED) is 0.206. The summed E-state index contributed by atoms with van der Waals surface area (Å²) in [5.74, 6) is -4.08. The van der Waals surface area contributed by atoms with Crippen molar-refractivity contribution in [2.24, 2.45) is 0 Å². The van der Waals surface area contributed by atoms with Crippen molar-refractivity contribution >= 4 is 38.9 Å². The molecule has 0 unspecified atom stereocenters. The first-order chi connectivity index (χ1) is 19.8. The summed E-state index contributed by atoms with van der Waals surface area (Å²) in [5, 5.41) is 7.94. The van der Waals surface area contributed by atoms with Crippen molar-refractivity contribution in [3.8, 4) is 28.1 Å². The molecule has 3 aromatic heterocycles. The van der Waals surface area contributed by atoms with Crippen LogP contribution in [0.5, 0.6) is 16.7 Å². The zero-order valence-electron chi connectivity index (χ0n) is 21.4. The van der Waals surface area contributed by atoms with Crippen molar-refractivity contribution in [2.75, 3.05) is 19.5 Å². The highest BCUT2D eigenvalue weighted by atomic mass is 32.1. The fraction of sp³-hybridized carbons (Fsp3) is 0.107. The molecule has 3 heterocycles. The third kappa shape index (κ3) is 5.02. The lowest BCUT2D eigenvalue weighted by Crippen LogP contribution is -2.15. The van der Waals surface area contributed by atoms with E-state index >= 15 is 0 Å². The van der Waals surface area contributed by atoms with Crippen LogP contribution in [0.4, 0.5) is 18.9 Å². The Morgan fingerprint density at radius 2 is 1.90 bits per heavy atom. The maximum atomic E-state index is 14.0. The third-order valence-corrected chi connectivity index (χ3v) is 7.00. The van der Waals surface area contributed by atoms with Gasteiger partial charge in [-0.3, -0.25) is 4.79 Å². The van der Waals surface area contributed by atoms with Gasteiger partial charge in [0, 0.05) is 17.8 Å². The number of hydrogen-bond acceptors (Lipinski definition) is 8. The number of aromatic nitrogens is 3. The molecule has 1 amide bonds. The number of furan rings is 1. The fourth-order valence-electron chi connectivity index (χ4n) is 4.13. The van der Waals surface area contributed by atoms with Gasteiger partial charge in [-0.05, 0) is 47.2 Å². The van der Waals surface area contributed by atoms with Crippen LogP contribution in [-0.4, -0.2) is 34.7 Å². The van der Waals surface area contributed by atoms with Gasteiger partial charge in [0.1, 0.15) is 29.4 Å². The van der Waals surface area contributed by atoms with E-state index in [2.05, 4.69) is 15.4 Å². The summed E-state index contributed by atoms with van der Waals surface area (Å²) in [7, 11) is 3.07. The molecular weight excluding hydrogens is 561 g/mol. The summed E-state index contributed by atoms with van der Waals surface area (Å²) < 4.78 is 65.2. The average molecular weight is 581 g/mol. The van der Waals surface area contributed by atoms with E-state index in [0.717, 1.165) is 6.07 Å². The molecule has 13 heteroatoms.